The minimum atomic E-state index is -0.941. The molecule has 0 N–H and O–H groups in total. The Kier molecular flexibility index (Phi) is 4.99. The molecule has 0 radical (unpaired) electrons. The van der Waals surface area contributed by atoms with Gasteiger partial charge in [0, 0.05) is 11.6 Å². The van der Waals surface area contributed by atoms with Gasteiger partial charge in [-0.25, -0.2) is 4.79 Å². The van der Waals surface area contributed by atoms with Gasteiger partial charge in [0.15, 0.2) is 11.1 Å². The van der Waals surface area contributed by atoms with Crippen molar-refractivity contribution in [1.82, 2.24) is 0 Å². The number of furan rings is 1. The molecular formula is C23H17ClO5. The van der Waals surface area contributed by atoms with Crippen LogP contribution >= 0.6 is 11.6 Å². The van der Waals surface area contributed by atoms with E-state index in [-0.39, 0.29) is 11.5 Å². The molecule has 0 spiro atoms. The number of rotatable bonds is 4. The highest BCUT2D eigenvalue weighted by Gasteiger charge is 2.31. The number of alkyl halides is 1. The zero-order valence-electron chi connectivity index (χ0n) is 15.8. The van der Waals surface area contributed by atoms with E-state index in [1.54, 1.807) is 61.5 Å². The summed E-state index contributed by atoms with van der Waals surface area (Å²) >= 11 is 6.24. The summed E-state index contributed by atoms with van der Waals surface area (Å²) in [7, 11) is 0. The number of halogens is 1. The van der Waals surface area contributed by atoms with E-state index in [2.05, 4.69) is 0 Å². The summed E-state index contributed by atoms with van der Waals surface area (Å²) in [6.45, 7) is 3.54. The third-order valence-corrected chi connectivity index (χ3v) is 5.01. The van der Waals surface area contributed by atoms with Crippen molar-refractivity contribution in [2.75, 3.05) is 0 Å². The molecule has 29 heavy (non-hydrogen) atoms. The number of benzene rings is 2. The SMILES string of the molecule is Cc1ccc(/C=C2\Oc3c(ccc(OC(=O)C(Cl)c4ccccc4)c3C)C2=O)o1. The first-order valence-electron chi connectivity index (χ1n) is 8.99. The molecule has 1 aliphatic rings. The normalized spacial score (nSPS) is 15.1. The Hall–Kier alpha value is -3.31. The highest BCUT2D eigenvalue weighted by Crippen LogP contribution is 2.40. The van der Waals surface area contributed by atoms with Crippen LogP contribution in [0.4, 0.5) is 0 Å². The maximum Gasteiger partial charge on any atom is 0.334 e. The van der Waals surface area contributed by atoms with Gasteiger partial charge in [-0.15, -0.1) is 11.6 Å². The van der Waals surface area contributed by atoms with Gasteiger partial charge >= 0.3 is 5.97 Å². The second-order valence-corrected chi connectivity index (χ2v) is 7.08. The maximum atomic E-state index is 12.6. The van der Waals surface area contributed by atoms with E-state index in [0.717, 1.165) is 5.76 Å². The molecule has 3 aromatic rings. The number of hydrogen-bond acceptors (Lipinski definition) is 5. The fourth-order valence-electron chi connectivity index (χ4n) is 3.06. The Morgan fingerprint density at radius 1 is 1.07 bits per heavy atom. The van der Waals surface area contributed by atoms with E-state index in [0.29, 0.717) is 33.9 Å². The van der Waals surface area contributed by atoms with E-state index in [1.165, 1.54) is 0 Å². The molecular weight excluding hydrogens is 392 g/mol. The summed E-state index contributed by atoms with van der Waals surface area (Å²) in [5.41, 5.74) is 1.59. The first-order valence-corrected chi connectivity index (χ1v) is 9.42. The Morgan fingerprint density at radius 3 is 2.52 bits per heavy atom. The van der Waals surface area contributed by atoms with Crippen LogP contribution < -0.4 is 9.47 Å². The monoisotopic (exact) mass is 408 g/mol. The largest absolute Gasteiger partial charge is 0.462 e. The third kappa shape index (κ3) is 3.69. The van der Waals surface area contributed by atoms with Crippen LogP contribution in [0.5, 0.6) is 11.5 Å². The number of ketones is 1. The van der Waals surface area contributed by atoms with Gasteiger partial charge in [0.1, 0.15) is 23.0 Å². The van der Waals surface area contributed by atoms with E-state index < -0.39 is 11.3 Å². The molecule has 6 heteroatoms. The number of aryl methyl sites for hydroxylation is 1. The van der Waals surface area contributed by atoms with Crippen LogP contribution in [0.1, 0.15) is 38.4 Å². The van der Waals surface area contributed by atoms with Crippen molar-refractivity contribution in [2.24, 2.45) is 0 Å². The van der Waals surface area contributed by atoms with Crippen LogP contribution in [0.3, 0.4) is 0 Å². The molecule has 0 amide bonds. The quantitative estimate of drug-likeness (QED) is 0.250. The molecule has 0 bridgehead atoms. The van der Waals surface area contributed by atoms with Crippen molar-refractivity contribution < 1.29 is 23.5 Å². The van der Waals surface area contributed by atoms with Gasteiger partial charge in [0.25, 0.3) is 0 Å². The number of esters is 1. The van der Waals surface area contributed by atoms with Crippen LogP contribution in [-0.4, -0.2) is 11.8 Å². The van der Waals surface area contributed by atoms with Gasteiger partial charge < -0.3 is 13.9 Å². The first-order chi connectivity index (χ1) is 13.9. The van der Waals surface area contributed by atoms with Crippen molar-refractivity contribution in [1.29, 1.82) is 0 Å². The predicted octanol–water partition coefficient (Wildman–Crippen LogP) is 5.40. The number of Topliss-reactive ketones (excluding diaryl/α,β-unsaturated/α-hetero) is 1. The molecule has 1 aromatic heterocycles. The zero-order chi connectivity index (χ0) is 20.5. The minimum Gasteiger partial charge on any atom is -0.462 e. The number of hydrogen-bond donors (Lipinski definition) is 0. The van der Waals surface area contributed by atoms with Gasteiger partial charge in [-0.3, -0.25) is 4.79 Å². The number of carbonyl (C=O) groups is 2. The number of ether oxygens (including phenoxy) is 2. The van der Waals surface area contributed by atoms with Crippen molar-refractivity contribution in [2.45, 2.75) is 19.2 Å². The molecule has 1 unspecified atom stereocenters. The number of allylic oxidation sites excluding steroid dienone is 1. The second-order valence-electron chi connectivity index (χ2n) is 6.65. The van der Waals surface area contributed by atoms with E-state index in [4.69, 9.17) is 25.5 Å². The lowest BCUT2D eigenvalue weighted by Gasteiger charge is -2.13. The molecule has 0 fully saturated rings. The highest BCUT2D eigenvalue weighted by molar-refractivity contribution is 6.30. The van der Waals surface area contributed by atoms with E-state index in [9.17, 15) is 9.59 Å². The summed E-state index contributed by atoms with van der Waals surface area (Å²) in [6.07, 6.45) is 1.55. The molecule has 1 aliphatic heterocycles. The van der Waals surface area contributed by atoms with Crippen LogP contribution in [-0.2, 0) is 4.79 Å². The van der Waals surface area contributed by atoms with Crippen molar-refractivity contribution in [3.8, 4) is 11.5 Å². The molecule has 2 heterocycles. The minimum absolute atomic E-state index is 0.153. The van der Waals surface area contributed by atoms with Gasteiger partial charge in [-0.2, -0.15) is 0 Å². The maximum absolute atomic E-state index is 12.6. The van der Waals surface area contributed by atoms with Gasteiger partial charge in [0.2, 0.25) is 5.78 Å². The summed E-state index contributed by atoms with van der Waals surface area (Å²) in [5, 5.41) is -0.941. The third-order valence-electron chi connectivity index (χ3n) is 4.58. The smallest absolute Gasteiger partial charge is 0.334 e. The highest BCUT2D eigenvalue weighted by atomic mass is 35.5. The Morgan fingerprint density at radius 2 is 1.83 bits per heavy atom. The summed E-state index contributed by atoms with van der Waals surface area (Å²) in [5.74, 6) is 1.20. The summed E-state index contributed by atoms with van der Waals surface area (Å²) < 4.78 is 16.7. The lowest BCUT2D eigenvalue weighted by atomic mass is 10.1. The van der Waals surface area contributed by atoms with E-state index >= 15 is 0 Å². The molecule has 2 aromatic carbocycles. The zero-order valence-corrected chi connectivity index (χ0v) is 16.5. The topological polar surface area (TPSA) is 65.7 Å². The van der Waals surface area contributed by atoms with Crippen LogP contribution in [0, 0.1) is 13.8 Å². The fourth-order valence-corrected chi connectivity index (χ4v) is 3.25. The standard InChI is InChI=1S/C23H17ClO5/c1-13-8-9-16(27-13)12-19-21(25)17-10-11-18(14(2)22(17)28-19)29-23(26)20(24)15-6-4-3-5-7-15/h3-12,20H,1-2H3/b19-12-. The van der Waals surface area contributed by atoms with Crippen molar-refractivity contribution in [3.05, 3.63) is 88.6 Å². The molecule has 1 atom stereocenters. The van der Waals surface area contributed by atoms with Gasteiger partial charge in [0.05, 0.1) is 5.56 Å². The predicted molar refractivity (Wildman–Crippen MR) is 108 cm³/mol. The molecule has 5 nitrogen and oxygen atoms in total. The van der Waals surface area contributed by atoms with Crippen LogP contribution in [0.2, 0.25) is 0 Å². The first kappa shape index (κ1) is 19.0. The van der Waals surface area contributed by atoms with Crippen molar-refractivity contribution in [3.63, 3.8) is 0 Å². The molecule has 0 saturated carbocycles. The molecule has 0 aliphatic carbocycles. The molecule has 146 valence electrons. The Balaban J connectivity index is 1.57. The van der Waals surface area contributed by atoms with Crippen LogP contribution in [0.25, 0.3) is 6.08 Å². The molecule has 4 rings (SSSR count). The molecule has 0 saturated heterocycles. The second kappa shape index (κ2) is 7.60. The van der Waals surface area contributed by atoms with Gasteiger partial charge in [-0.1, -0.05) is 30.3 Å². The van der Waals surface area contributed by atoms with Crippen molar-refractivity contribution >= 4 is 29.4 Å². The Bertz CT molecular complexity index is 1130. The fraction of sp³-hybridized carbons (Fsp3) is 0.130. The lowest BCUT2D eigenvalue weighted by Crippen LogP contribution is -2.15. The van der Waals surface area contributed by atoms with Gasteiger partial charge in [-0.05, 0) is 43.7 Å². The van der Waals surface area contributed by atoms with Crippen LogP contribution in [0.15, 0.2) is 64.8 Å². The number of fused-ring (bicyclic) bond motifs is 1. The van der Waals surface area contributed by atoms with E-state index in [1.807, 2.05) is 13.0 Å². The summed E-state index contributed by atoms with van der Waals surface area (Å²) in [4.78, 5) is 25.1. The average Bonchev–Trinajstić information content (AvgIpc) is 3.28. The lowest BCUT2D eigenvalue weighted by molar-refractivity contribution is -0.134. The average molecular weight is 409 g/mol. The summed E-state index contributed by atoms with van der Waals surface area (Å²) in [6, 6.07) is 15.7. The number of carbonyl (C=O) groups excluding carboxylic acids is 2. The Labute approximate surface area is 172 Å².